The topological polar surface area (TPSA) is 0 Å². The molecule has 0 aliphatic carbocycles. The highest BCUT2D eigenvalue weighted by Gasteiger charge is 2.17. The molecule has 0 heterocycles. The van der Waals surface area contributed by atoms with Crippen molar-refractivity contribution < 1.29 is 8.78 Å². The summed E-state index contributed by atoms with van der Waals surface area (Å²) in [4.78, 5) is 0. The Bertz CT molecular complexity index is 503. The molecule has 2 rings (SSSR count). The van der Waals surface area contributed by atoms with E-state index in [1.54, 1.807) is 12.2 Å². The molecule has 0 saturated heterocycles. The van der Waals surface area contributed by atoms with E-state index in [-0.39, 0.29) is 0 Å². The van der Waals surface area contributed by atoms with Crippen molar-refractivity contribution in [3.05, 3.63) is 77.9 Å². The van der Waals surface area contributed by atoms with Crippen molar-refractivity contribution in [1.82, 2.24) is 0 Å². The van der Waals surface area contributed by atoms with Crippen molar-refractivity contribution >= 4 is 6.08 Å². The first-order valence-electron chi connectivity index (χ1n) is 6.31. The largest absolute Gasteiger partial charge is 0.245 e. The van der Waals surface area contributed by atoms with E-state index < -0.39 is 12.3 Å². The second-order valence-corrected chi connectivity index (χ2v) is 4.46. The van der Waals surface area contributed by atoms with Crippen molar-refractivity contribution in [2.45, 2.75) is 12.8 Å². The van der Waals surface area contributed by atoms with Crippen LogP contribution in [0.3, 0.4) is 0 Å². The van der Waals surface area contributed by atoms with Gasteiger partial charge in [-0.15, -0.1) is 0 Å². The van der Waals surface area contributed by atoms with Gasteiger partial charge in [0.2, 0.25) is 6.43 Å². The zero-order chi connectivity index (χ0) is 13.5. The molecule has 0 nitrogen and oxygen atoms in total. The van der Waals surface area contributed by atoms with E-state index in [1.807, 2.05) is 60.7 Å². The lowest BCUT2D eigenvalue weighted by molar-refractivity contribution is 0.101. The molecule has 0 aliphatic heterocycles. The lowest BCUT2D eigenvalue weighted by Crippen LogP contribution is -2.11. The normalized spacial score (nSPS) is 13.0. The first kappa shape index (κ1) is 13.5. The average molecular weight is 258 g/mol. The van der Waals surface area contributed by atoms with Crippen LogP contribution in [-0.2, 0) is 6.42 Å². The fraction of sp³-hybridized carbons (Fsp3) is 0.176. The van der Waals surface area contributed by atoms with E-state index in [9.17, 15) is 8.78 Å². The van der Waals surface area contributed by atoms with Crippen LogP contribution in [0.5, 0.6) is 0 Å². The van der Waals surface area contributed by atoms with Gasteiger partial charge < -0.3 is 0 Å². The van der Waals surface area contributed by atoms with E-state index in [4.69, 9.17) is 0 Å². The predicted molar refractivity (Wildman–Crippen MR) is 75.1 cm³/mol. The van der Waals surface area contributed by atoms with Gasteiger partial charge in [0.15, 0.2) is 0 Å². The number of hydrogen-bond acceptors (Lipinski definition) is 0. The summed E-state index contributed by atoms with van der Waals surface area (Å²) in [5.74, 6) is -0.748. The Labute approximate surface area is 112 Å². The SMILES string of the molecule is FC(F)C(/C=C/c1ccccc1)Cc1ccccc1. The number of allylic oxidation sites excluding steroid dienone is 1. The minimum Gasteiger partial charge on any atom is -0.210 e. The van der Waals surface area contributed by atoms with Crippen LogP contribution in [0, 0.1) is 5.92 Å². The molecular weight excluding hydrogens is 242 g/mol. The van der Waals surface area contributed by atoms with Crippen LogP contribution >= 0.6 is 0 Å². The Morgan fingerprint density at radius 3 is 2.00 bits per heavy atom. The van der Waals surface area contributed by atoms with Gasteiger partial charge in [0, 0.05) is 5.92 Å². The quantitative estimate of drug-likeness (QED) is 0.721. The highest BCUT2D eigenvalue weighted by atomic mass is 19.3. The molecule has 0 N–H and O–H groups in total. The maximum Gasteiger partial charge on any atom is 0.245 e. The van der Waals surface area contributed by atoms with Crippen molar-refractivity contribution in [2.75, 3.05) is 0 Å². The lowest BCUT2D eigenvalue weighted by Gasteiger charge is -2.11. The van der Waals surface area contributed by atoms with Gasteiger partial charge in [-0.1, -0.05) is 72.8 Å². The molecule has 2 heteroatoms. The summed E-state index contributed by atoms with van der Waals surface area (Å²) in [6, 6.07) is 18.9. The molecular formula is C17H16F2. The average Bonchev–Trinajstić information content (AvgIpc) is 2.45. The molecule has 2 aromatic carbocycles. The molecule has 0 aliphatic rings. The summed E-state index contributed by atoms with van der Waals surface area (Å²) in [5, 5.41) is 0. The zero-order valence-corrected chi connectivity index (χ0v) is 10.5. The molecule has 1 atom stereocenters. The van der Waals surface area contributed by atoms with Crippen LogP contribution in [0.2, 0.25) is 0 Å². The molecule has 0 fully saturated rings. The Hall–Kier alpha value is -1.96. The minimum absolute atomic E-state index is 0.363. The van der Waals surface area contributed by atoms with Crippen molar-refractivity contribution in [3.8, 4) is 0 Å². The first-order valence-corrected chi connectivity index (χ1v) is 6.31. The summed E-state index contributed by atoms with van der Waals surface area (Å²) in [7, 11) is 0. The lowest BCUT2D eigenvalue weighted by atomic mass is 9.98. The third-order valence-electron chi connectivity index (χ3n) is 2.97. The van der Waals surface area contributed by atoms with E-state index in [2.05, 4.69) is 0 Å². The summed E-state index contributed by atoms with van der Waals surface area (Å²) >= 11 is 0. The molecule has 0 spiro atoms. The maximum atomic E-state index is 13.0. The van der Waals surface area contributed by atoms with Gasteiger partial charge in [0.25, 0.3) is 0 Å². The third kappa shape index (κ3) is 4.32. The Morgan fingerprint density at radius 1 is 0.842 bits per heavy atom. The highest BCUT2D eigenvalue weighted by Crippen LogP contribution is 2.19. The molecule has 0 bridgehead atoms. The van der Waals surface area contributed by atoms with Gasteiger partial charge in [0.1, 0.15) is 0 Å². The number of rotatable bonds is 5. The van der Waals surface area contributed by atoms with Gasteiger partial charge in [-0.25, -0.2) is 8.78 Å². The standard InChI is InChI=1S/C17H16F2/c18-17(19)16(13-15-9-5-2-6-10-15)12-11-14-7-3-1-4-8-14/h1-12,16-17H,13H2/b12-11+. The highest BCUT2D eigenvalue weighted by molar-refractivity contribution is 5.49. The van der Waals surface area contributed by atoms with E-state index in [0.29, 0.717) is 6.42 Å². The molecule has 0 amide bonds. The summed E-state index contributed by atoms with van der Waals surface area (Å²) in [6.07, 6.45) is 1.38. The monoisotopic (exact) mass is 258 g/mol. The molecule has 1 unspecified atom stereocenters. The Kier molecular flexibility index (Phi) is 4.85. The second-order valence-electron chi connectivity index (χ2n) is 4.46. The zero-order valence-electron chi connectivity index (χ0n) is 10.5. The van der Waals surface area contributed by atoms with Crippen molar-refractivity contribution in [2.24, 2.45) is 5.92 Å². The predicted octanol–water partition coefficient (Wildman–Crippen LogP) is 4.82. The fourth-order valence-corrected chi connectivity index (χ4v) is 1.93. The van der Waals surface area contributed by atoms with Crippen LogP contribution in [0.25, 0.3) is 6.08 Å². The van der Waals surface area contributed by atoms with Gasteiger partial charge >= 0.3 is 0 Å². The van der Waals surface area contributed by atoms with E-state index in [0.717, 1.165) is 11.1 Å². The molecule has 0 saturated carbocycles. The maximum absolute atomic E-state index is 13.0. The van der Waals surface area contributed by atoms with E-state index in [1.165, 1.54) is 0 Å². The smallest absolute Gasteiger partial charge is 0.210 e. The summed E-state index contributed by atoms with van der Waals surface area (Å²) in [6.45, 7) is 0. The molecule has 0 aromatic heterocycles. The molecule has 19 heavy (non-hydrogen) atoms. The number of hydrogen-bond donors (Lipinski definition) is 0. The molecule has 2 aromatic rings. The second kappa shape index (κ2) is 6.83. The first-order chi connectivity index (χ1) is 9.25. The minimum atomic E-state index is -2.35. The number of benzene rings is 2. The van der Waals surface area contributed by atoms with Crippen molar-refractivity contribution in [1.29, 1.82) is 0 Å². The van der Waals surface area contributed by atoms with Gasteiger partial charge in [0.05, 0.1) is 0 Å². The van der Waals surface area contributed by atoms with Gasteiger partial charge in [-0.2, -0.15) is 0 Å². The number of alkyl halides is 2. The fourth-order valence-electron chi connectivity index (χ4n) is 1.93. The van der Waals surface area contributed by atoms with Crippen molar-refractivity contribution in [3.63, 3.8) is 0 Å². The Morgan fingerprint density at radius 2 is 1.42 bits per heavy atom. The number of halogens is 2. The van der Waals surface area contributed by atoms with Crippen LogP contribution in [0.4, 0.5) is 8.78 Å². The molecule has 0 radical (unpaired) electrons. The van der Waals surface area contributed by atoms with Crippen LogP contribution in [0.1, 0.15) is 11.1 Å². The van der Waals surface area contributed by atoms with E-state index >= 15 is 0 Å². The third-order valence-corrected chi connectivity index (χ3v) is 2.97. The van der Waals surface area contributed by atoms with Crippen LogP contribution in [0.15, 0.2) is 66.7 Å². The van der Waals surface area contributed by atoms with Gasteiger partial charge in [-0.3, -0.25) is 0 Å². The summed E-state index contributed by atoms with van der Waals surface area (Å²) in [5.41, 5.74) is 1.88. The Balaban J connectivity index is 2.07. The van der Waals surface area contributed by atoms with Crippen LogP contribution in [-0.4, -0.2) is 6.43 Å². The van der Waals surface area contributed by atoms with Gasteiger partial charge in [-0.05, 0) is 17.5 Å². The summed E-state index contributed by atoms with van der Waals surface area (Å²) < 4.78 is 26.1. The molecule has 98 valence electrons. The van der Waals surface area contributed by atoms with Crippen LogP contribution < -0.4 is 0 Å².